The maximum Gasteiger partial charge on any atom is 0.240 e. The largest absolute Gasteiger partial charge is 0.354 e. The highest BCUT2D eigenvalue weighted by atomic mass is 16.5. The molecule has 6 nitrogen and oxygen atoms in total. The third-order valence-corrected chi connectivity index (χ3v) is 3.40. The van der Waals surface area contributed by atoms with Gasteiger partial charge in [0.25, 0.3) is 0 Å². The summed E-state index contributed by atoms with van der Waals surface area (Å²) < 4.78 is 4.86. The molecule has 0 unspecified atom stereocenters. The zero-order chi connectivity index (χ0) is 13.0. The molecule has 1 aromatic heterocycles. The third kappa shape index (κ3) is 3.07. The molecule has 1 aliphatic carbocycles. The Labute approximate surface area is 106 Å². The Kier molecular flexibility index (Phi) is 3.96. The van der Waals surface area contributed by atoms with Crippen LogP contribution in [0.15, 0.2) is 4.52 Å². The molecule has 0 atom stereocenters. The predicted octanol–water partition coefficient (Wildman–Crippen LogP) is 0.698. The first kappa shape index (κ1) is 13.0. The van der Waals surface area contributed by atoms with Crippen LogP contribution in [0.2, 0.25) is 0 Å². The predicted molar refractivity (Wildman–Crippen MR) is 65.8 cm³/mol. The van der Waals surface area contributed by atoms with Crippen LogP contribution >= 0.6 is 0 Å². The molecule has 1 aliphatic rings. The summed E-state index contributed by atoms with van der Waals surface area (Å²) in [5, 5.41) is 6.64. The van der Waals surface area contributed by atoms with Crippen molar-refractivity contribution in [2.45, 2.75) is 51.0 Å². The molecule has 100 valence electrons. The minimum Gasteiger partial charge on any atom is -0.354 e. The highest BCUT2D eigenvalue weighted by Gasteiger charge is 2.34. The number of hydrogen-bond donors (Lipinski definition) is 2. The fourth-order valence-electron chi connectivity index (χ4n) is 2.32. The summed E-state index contributed by atoms with van der Waals surface area (Å²) in [5.74, 6) is 1.10. The summed E-state index contributed by atoms with van der Waals surface area (Å²) in [6, 6.07) is 0. The van der Waals surface area contributed by atoms with Gasteiger partial charge in [-0.15, -0.1) is 0 Å². The first-order chi connectivity index (χ1) is 8.60. The number of nitrogens with one attached hydrogen (secondary N) is 1. The number of aromatic nitrogens is 2. The zero-order valence-corrected chi connectivity index (χ0v) is 10.7. The highest BCUT2D eigenvalue weighted by molar-refractivity contribution is 5.86. The van der Waals surface area contributed by atoms with Gasteiger partial charge in [-0.3, -0.25) is 4.79 Å². The summed E-state index contributed by atoms with van der Waals surface area (Å²) in [6.45, 7) is 2.24. The summed E-state index contributed by atoms with van der Waals surface area (Å²) in [5.41, 5.74) is 5.45. The smallest absolute Gasteiger partial charge is 0.240 e. The van der Waals surface area contributed by atoms with Gasteiger partial charge in [-0.1, -0.05) is 24.4 Å². The van der Waals surface area contributed by atoms with Gasteiger partial charge in [0.05, 0.1) is 5.54 Å². The van der Waals surface area contributed by atoms with Crippen LogP contribution in [0.25, 0.3) is 0 Å². The number of carbonyl (C=O) groups is 1. The van der Waals surface area contributed by atoms with Crippen molar-refractivity contribution in [1.82, 2.24) is 15.5 Å². The van der Waals surface area contributed by atoms with Crippen molar-refractivity contribution in [2.24, 2.45) is 5.73 Å². The van der Waals surface area contributed by atoms with Crippen molar-refractivity contribution >= 4 is 5.91 Å². The van der Waals surface area contributed by atoms with Gasteiger partial charge in [0.2, 0.25) is 11.8 Å². The van der Waals surface area contributed by atoms with Gasteiger partial charge in [0.15, 0.2) is 5.82 Å². The van der Waals surface area contributed by atoms with Crippen molar-refractivity contribution in [2.75, 3.05) is 6.54 Å². The Morgan fingerprint density at radius 3 is 2.78 bits per heavy atom. The van der Waals surface area contributed by atoms with E-state index in [4.69, 9.17) is 10.3 Å². The first-order valence-electron chi connectivity index (χ1n) is 6.46. The van der Waals surface area contributed by atoms with E-state index >= 15 is 0 Å². The number of aryl methyl sites for hydroxylation is 1. The van der Waals surface area contributed by atoms with Gasteiger partial charge < -0.3 is 15.6 Å². The Morgan fingerprint density at radius 1 is 1.44 bits per heavy atom. The number of amides is 1. The second-order valence-corrected chi connectivity index (χ2v) is 4.95. The summed E-state index contributed by atoms with van der Waals surface area (Å²) in [7, 11) is 0. The lowest BCUT2D eigenvalue weighted by Crippen LogP contribution is -2.55. The molecule has 2 rings (SSSR count). The second-order valence-electron chi connectivity index (χ2n) is 4.95. The van der Waals surface area contributed by atoms with Gasteiger partial charge >= 0.3 is 0 Å². The van der Waals surface area contributed by atoms with Gasteiger partial charge in [0.1, 0.15) is 0 Å². The molecule has 0 bridgehead atoms. The lowest BCUT2D eigenvalue weighted by molar-refractivity contribution is -0.127. The molecule has 0 aromatic carbocycles. The molecule has 3 N–H and O–H groups in total. The maximum atomic E-state index is 12.0. The van der Waals surface area contributed by atoms with E-state index < -0.39 is 5.54 Å². The molecule has 1 heterocycles. The van der Waals surface area contributed by atoms with Gasteiger partial charge in [-0.25, -0.2) is 0 Å². The Balaban J connectivity index is 1.77. The monoisotopic (exact) mass is 252 g/mol. The third-order valence-electron chi connectivity index (χ3n) is 3.40. The van der Waals surface area contributed by atoms with Crippen LogP contribution in [0, 0.1) is 6.92 Å². The molecule has 0 spiro atoms. The molecule has 1 amide bonds. The number of nitrogens with two attached hydrogens (primary N) is 1. The minimum absolute atomic E-state index is 0.0533. The SMILES string of the molecule is Cc1nc(CCNC(=O)C2(N)CCCCC2)no1. The molecule has 0 radical (unpaired) electrons. The Morgan fingerprint density at radius 2 is 2.17 bits per heavy atom. The Bertz CT molecular complexity index is 410. The van der Waals surface area contributed by atoms with Crippen molar-refractivity contribution < 1.29 is 9.32 Å². The van der Waals surface area contributed by atoms with E-state index in [0.29, 0.717) is 24.7 Å². The molecule has 18 heavy (non-hydrogen) atoms. The minimum atomic E-state index is -0.675. The quantitative estimate of drug-likeness (QED) is 0.822. The summed E-state index contributed by atoms with van der Waals surface area (Å²) >= 11 is 0. The average Bonchev–Trinajstić information content (AvgIpc) is 2.76. The lowest BCUT2D eigenvalue weighted by atomic mass is 9.82. The van der Waals surface area contributed by atoms with Gasteiger partial charge in [0, 0.05) is 19.9 Å². The van der Waals surface area contributed by atoms with Crippen LogP contribution < -0.4 is 11.1 Å². The van der Waals surface area contributed by atoms with E-state index in [9.17, 15) is 4.79 Å². The Hall–Kier alpha value is -1.43. The van der Waals surface area contributed by atoms with E-state index in [1.807, 2.05) is 0 Å². The molecular formula is C12H20N4O2. The number of hydrogen-bond acceptors (Lipinski definition) is 5. The van der Waals surface area contributed by atoms with E-state index in [2.05, 4.69) is 15.5 Å². The van der Waals surface area contributed by atoms with Gasteiger partial charge in [-0.05, 0) is 12.8 Å². The summed E-state index contributed by atoms with van der Waals surface area (Å²) in [6.07, 6.45) is 5.37. The fourth-order valence-corrected chi connectivity index (χ4v) is 2.32. The molecule has 1 aromatic rings. The van der Waals surface area contributed by atoms with E-state index in [0.717, 1.165) is 25.7 Å². The van der Waals surface area contributed by atoms with E-state index in [-0.39, 0.29) is 5.91 Å². The van der Waals surface area contributed by atoms with E-state index in [1.54, 1.807) is 6.92 Å². The van der Waals surface area contributed by atoms with Crippen molar-refractivity contribution in [3.8, 4) is 0 Å². The maximum absolute atomic E-state index is 12.0. The van der Waals surface area contributed by atoms with Crippen LogP contribution in [0.3, 0.4) is 0 Å². The lowest BCUT2D eigenvalue weighted by Gasteiger charge is -2.31. The molecule has 1 fully saturated rings. The number of carbonyl (C=O) groups excluding carboxylic acids is 1. The highest BCUT2D eigenvalue weighted by Crippen LogP contribution is 2.25. The summed E-state index contributed by atoms with van der Waals surface area (Å²) in [4.78, 5) is 16.1. The standard InChI is InChI=1S/C12H20N4O2/c1-9-15-10(16-18-9)5-8-14-11(17)12(13)6-3-2-4-7-12/h2-8,13H2,1H3,(H,14,17). The first-order valence-corrected chi connectivity index (χ1v) is 6.46. The number of rotatable bonds is 4. The van der Waals surface area contributed by atoms with Crippen molar-refractivity contribution in [3.63, 3.8) is 0 Å². The van der Waals surface area contributed by atoms with E-state index in [1.165, 1.54) is 6.42 Å². The number of nitrogens with zero attached hydrogens (tertiary/aromatic N) is 2. The molecule has 0 saturated heterocycles. The topological polar surface area (TPSA) is 94.0 Å². The molecule has 6 heteroatoms. The van der Waals surface area contributed by atoms with Gasteiger partial charge in [-0.2, -0.15) is 4.98 Å². The molecule has 0 aliphatic heterocycles. The van der Waals surface area contributed by atoms with Crippen LogP contribution in [-0.4, -0.2) is 28.1 Å². The van der Waals surface area contributed by atoms with Crippen molar-refractivity contribution in [3.05, 3.63) is 11.7 Å². The van der Waals surface area contributed by atoms with Crippen LogP contribution in [0.1, 0.15) is 43.8 Å². The second kappa shape index (κ2) is 5.48. The van der Waals surface area contributed by atoms with Crippen LogP contribution in [0.5, 0.6) is 0 Å². The molecular weight excluding hydrogens is 232 g/mol. The van der Waals surface area contributed by atoms with Crippen LogP contribution in [0.4, 0.5) is 0 Å². The van der Waals surface area contributed by atoms with Crippen LogP contribution in [-0.2, 0) is 11.2 Å². The van der Waals surface area contributed by atoms with Crippen molar-refractivity contribution in [1.29, 1.82) is 0 Å². The fraction of sp³-hybridized carbons (Fsp3) is 0.750. The molecule has 1 saturated carbocycles. The normalized spacial score (nSPS) is 18.6. The zero-order valence-electron chi connectivity index (χ0n) is 10.7. The average molecular weight is 252 g/mol.